The lowest BCUT2D eigenvalue weighted by atomic mass is 10.1. The number of benzene rings is 1. The summed E-state index contributed by atoms with van der Waals surface area (Å²) in [5.74, 6) is 0. The SMILES string of the molecule is Cc1cc([N+](=O)[O-])c2c(I)csc2c1. The Morgan fingerprint density at radius 3 is 2.86 bits per heavy atom. The third kappa shape index (κ3) is 1.50. The second-order valence-corrected chi connectivity index (χ2v) is 5.07. The van der Waals surface area contributed by atoms with E-state index in [-0.39, 0.29) is 10.6 Å². The standard InChI is InChI=1S/C9H6INO2S/c1-5-2-7(11(12)13)9-6(10)4-14-8(9)3-5/h2-4H,1H3. The van der Waals surface area contributed by atoms with Gasteiger partial charge in [0.1, 0.15) is 0 Å². The van der Waals surface area contributed by atoms with E-state index < -0.39 is 0 Å². The predicted molar refractivity (Wildman–Crippen MR) is 65.9 cm³/mol. The molecule has 0 atom stereocenters. The Labute approximate surface area is 98.0 Å². The lowest BCUT2D eigenvalue weighted by molar-refractivity contribution is -0.383. The Hall–Kier alpha value is -0.690. The molecule has 0 bridgehead atoms. The highest BCUT2D eigenvalue weighted by Crippen LogP contribution is 2.35. The molecular weight excluding hydrogens is 313 g/mol. The molecule has 0 saturated heterocycles. The van der Waals surface area contributed by atoms with Crippen LogP contribution >= 0.6 is 33.9 Å². The largest absolute Gasteiger partial charge is 0.279 e. The van der Waals surface area contributed by atoms with Gasteiger partial charge in [0, 0.05) is 19.7 Å². The lowest BCUT2D eigenvalue weighted by Crippen LogP contribution is -1.89. The van der Waals surface area contributed by atoms with E-state index in [9.17, 15) is 10.1 Å². The van der Waals surface area contributed by atoms with Crippen LogP contribution in [0.2, 0.25) is 0 Å². The summed E-state index contributed by atoms with van der Waals surface area (Å²) in [5, 5.41) is 13.5. The number of nitro groups is 1. The van der Waals surface area contributed by atoms with Crippen LogP contribution in [0.15, 0.2) is 17.5 Å². The molecule has 3 nitrogen and oxygen atoms in total. The smallest absolute Gasteiger partial charge is 0.258 e. The third-order valence-electron chi connectivity index (χ3n) is 1.95. The van der Waals surface area contributed by atoms with Crippen LogP contribution in [0.5, 0.6) is 0 Å². The summed E-state index contributed by atoms with van der Waals surface area (Å²) in [6.07, 6.45) is 0. The number of aryl methyl sites for hydroxylation is 1. The predicted octanol–water partition coefficient (Wildman–Crippen LogP) is 3.72. The molecule has 0 saturated carbocycles. The molecule has 2 rings (SSSR count). The number of non-ortho nitro benzene ring substituents is 1. The van der Waals surface area contributed by atoms with Crippen molar-refractivity contribution in [2.75, 3.05) is 0 Å². The minimum atomic E-state index is -0.315. The first-order valence-electron chi connectivity index (χ1n) is 3.91. The van der Waals surface area contributed by atoms with Crippen LogP contribution in [0.4, 0.5) is 5.69 Å². The first-order chi connectivity index (χ1) is 6.59. The van der Waals surface area contributed by atoms with Gasteiger partial charge in [-0.2, -0.15) is 0 Å². The van der Waals surface area contributed by atoms with Gasteiger partial charge in [0.2, 0.25) is 0 Å². The minimum absolute atomic E-state index is 0.214. The van der Waals surface area contributed by atoms with Gasteiger partial charge in [-0.05, 0) is 41.1 Å². The molecule has 1 heterocycles. The molecule has 1 aromatic carbocycles. The van der Waals surface area contributed by atoms with Gasteiger partial charge in [0.05, 0.1) is 10.3 Å². The maximum atomic E-state index is 10.8. The van der Waals surface area contributed by atoms with Crippen molar-refractivity contribution < 1.29 is 4.92 Å². The maximum absolute atomic E-state index is 10.8. The van der Waals surface area contributed by atoms with E-state index in [1.807, 2.05) is 18.4 Å². The average molecular weight is 319 g/mol. The topological polar surface area (TPSA) is 43.1 Å². The summed E-state index contributed by atoms with van der Waals surface area (Å²) in [6.45, 7) is 1.87. The molecule has 0 fully saturated rings. The van der Waals surface area contributed by atoms with Gasteiger partial charge < -0.3 is 0 Å². The van der Waals surface area contributed by atoms with Gasteiger partial charge in [0.25, 0.3) is 5.69 Å². The fourth-order valence-corrected chi connectivity index (χ4v) is 3.45. The second-order valence-electron chi connectivity index (χ2n) is 3.00. The normalized spacial score (nSPS) is 10.7. The Kier molecular flexibility index (Phi) is 2.44. The molecule has 0 unspecified atom stereocenters. The van der Waals surface area contributed by atoms with E-state index in [1.54, 1.807) is 17.4 Å². The monoisotopic (exact) mass is 319 g/mol. The highest BCUT2D eigenvalue weighted by molar-refractivity contribution is 14.1. The molecule has 72 valence electrons. The summed E-state index contributed by atoms with van der Waals surface area (Å²) >= 11 is 3.68. The molecule has 0 amide bonds. The van der Waals surface area contributed by atoms with Crippen LogP contribution in [0.3, 0.4) is 0 Å². The summed E-state index contributed by atoms with van der Waals surface area (Å²) in [6, 6.07) is 3.60. The van der Waals surface area contributed by atoms with E-state index in [4.69, 9.17) is 0 Å². The van der Waals surface area contributed by atoms with Crippen LogP contribution in [0.1, 0.15) is 5.56 Å². The minimum Gasteiger partial charge on any atom is -0.258 e. The first kappa shape index (κ1) is 9.85. The first-order valence-corrected chi connectivity index (χ1v) is 5.87. The molecule has 0 N–H and O–H groups in total. The molecule has 0 spiro atoms. The van der Waals surface area contributed by atoms with Crippen molar-refractivity contribution in [3.05, 3.63) is 36.8 Å². The quantitative estimate of drug-likeness (QED) is 0.457. The number of nitrogens with zero attached hydrogens (tertiary/aromatic N) is 1. The number of fused-ring (bicyclic) bond motifs is 1. The number of hydrogen-bond acceptors (Lipinski definition) is 3. The lowest BCUT2D eigenvalue weighted by Gasteiger charge is -1.97. The molecule has 0 aliphatic heterocycles. The number of halogens is 1. The number of rotatable bonds is 1. The van der Waals surface area contributed by atoms with Gasteiger partial charge in [-0.3, -0.25) is 10.1 Å². The van der Waals surface area contributed by atoms with Crippen molar-refractivity contribution in [2.45, 2.75) is 6.92 Å². The average Bonchev–Trinajstić information content (AvgIpc) is 2.46. The van der Waals surface area contributed by atoms with Crippen LogP contribution in [0.25, 0.3) is 10.1 Å². The Bertz CT molecular complexity index is 521. The highest BCUT2D eigenvalue weighted by atomic mass is 127. The molecule has 0 radical (unpaired) electrons. The maximum Gasteiger partial charge on any atom is 0.279 e. The van der Waals surface area contributed by atoms with Crippen molar-refractivity contribution in [1.82, 2.24) is 0 Å². The summed E-state index contributed by atoms with van der Waals surface area (Å²) < 4.78 is 1.94. The van der Waals surface area contributed by atoms with Crippen molar-refractivity contribution in [3.8, 4) is 0 Å². The van der Waals surface area contributed by atoms with E-state index in [2.05, 4.69) is 22.6 Å². The zero-order valence-electron chi connectivity index (χ0n) is 7.28. The molecule has 5 heteroatoms. The van der Waals surface area contributed by atoms with Crippen LogP contribution < -0.4 is 0 Å². The molecule has 0 aliphatic rings. The Balaban J connectivity index is 2.90. The van der Waals surface area contributed by atoms with E-state index in [1.165, 1.54) is 0 Å². The van der Waals surface area contributed by atoms with E-state index >= 15 is 0 Å². The van der Waals surface area contributed by atoms with Crippen molar-refractivity contribution in [2.24, 2.45) is 0 Å². The molecule has 1 aromatic heterocycles. The zero-order chi connectivity index (χ0) is 10.3. The summed E-state index contributed by atoms with van der Waals surface area (Å²) in [5.41, 5.74) is 1.15. The van der Waals surface area contributed by atoms with Crippen molar-refractivity contribution in [3.63, 3.8) is 0 Å². The zero-order valence-corrected chi connectivity index (χ0v) is 10.3. The summed E-state index contributed by atoms with van der Waals surface area (Å²) in [7, 11) is 0. The van der Waals surface area contributed by atoms with Gasteiger partial charge in [-0.1, -0.05) is 0 Å². The third-order valence-corrected chi connectivity index (χ3v) is 4.15. The van der Waals surface area contributed by atoms with Crippen molar-refractivity contribution in [1.29, 1.82) is 0 Å². The number of hydrogen-bond donors (Lipinski definition) is 0. The van der Waals surface area contributed by atoms with Crippen LogP contribution in [-0.4, -0.2) is 4.92 Å². The fourth-order valence-electron chi connectivity index (χ4n) is 1.39. The molecule has 14 heavy (non-hydrogen) atoms. The Morgan fingerprint density at radius 2 is 2.21 bits per heavy atom. The Morgan fingerprint density at radius 1 is 1.50 bits per heavy atom. The van der Waals surface area contributed by atoms with E-state index in [0.717, 1.165) is 19.2 Å². The van der Waals surface area contributed by atoms with Gasteiger partial charge in [-0.25, -0.2) is 0 Å². The van der Waals surface area contributed by atoms with Gasteiger partial charge in [0.15, 0.2) is 0 Å². The molecule has 0 aliphatic carbocycles. The van der Waals surface area contributed by atoms with Gasteiger partial charge in [-0.15, -0.1) is 11.3 Å². The highest BCUT2D eigenvalue weighted by Gasteiger charge is 2.16. The second kappa shape index (κ2) is 3.47. The number of thiophene rings is 1. The van der Waals surface area contributed by atoms with Gasteiger partial charge >= 0.3 is 0 Å². The van der Waals surface area contributed by atoms with Crippen LogP contribution in [-0.2, 0) is 0 Å². The van der Waals surface area contributed by atoms with E-state index in [0.29, 0.717) is 0 Å². The summed E-state index contributed by atoms with van der Waals surface area (Å²) in [4.78, 5) is 10.5. The molecule has 2 aromatic rings. The van der Waals surface area contributed by atoms with Crippen LogP contribution in [0, 0.1) is 20.6 Å². The number of nitro benzene ring substituents is 1. The van der Waals surface area contributed by atoms with Crippen molar-refractivity contribution >= 4 is 49.7 Å². The molecular formula is C9H6INO2S. The fraction of sp³-hybridized carbons (Fsp3) is 0.111.